The van der Waals surface area contributed by atoms with Crippen LogP contribution in [-0.2, 0) is 21.6 Å². The number of benzene rings is 3. The van der Waals surface area contributed by atoms with E-state index in [4.69, 9.17) is 20.8 Å². The summed E-state index contributed by atoms with van der Waals surface area (Å²) < 4.78 is 10.8. The second kappa shape index (κ2) is 9.63. The number of likely N-dealkylation sites (tertiary alicyclic amines) is 1. The lowest BCUT2D eigenvalue weighted by molar-refractivity contribution is -0.133. The molecule has 2 unspecified atom stereocenters. The molecule has 1 spiro atoms. The summed E-state index contributed by atoms with van der Waals surface area (Å²) in [4.78, 5) is 55.2. The molecule has 3 amide bonds. The van der Waals surface area contributed by atoms with Gasteiger partial charge in [0.25, 0.3) is 5.91 Å². The number of aromatic nitrogens is 1. The number of hydrogen-bond donors (Lipinski definition) is 3. The van der Waals surface area contributed by atoms with Crippen LogP contribution in [0, 0.1) is 0 Å². The van der Waals surface area contributed by atoms with Gasteiger partial charge in [0.1, 0.15) is 6.04 Å². The van der Waals surface area contributed by atoms with Gasteiger partial charge in [-0.3, -0.25) is 19.9 Å². The highest BCUT2D eigenvalue weighted by atomic mass is 35.5. The van der Waals surface area contributed by atoms with Gasteiger partial charge >= 0.3 is 11.8 Å². The minimum Gasteiger partial charge on any atom is -0.436 e. The molecule has 3 aromatic carbocycles. The van der Waals surface area contributed by atoms with Crippen molar-refractivity contribution in [3.63, 3.8) is 0 Å². The Morgan fingerprint density at radius 1 is 1.08 bits per heavy atom. The molecule has 1 aromatic heterocycles. The van der Waals surface area contributed by atoms with Crippen molar-refractivity contribution in [2.75, 3.05) is 18.4 Å². The summed E-state index contributed by atoms with van der Waals surface area (Å²) in [5.74, 6) is -1.41. The van der Waals surface area contributed by atoms with E-state index in [1.807, 2.05) is 30.3 Å². The molecule has 39 heavy (non-hydrogen) atoms. The van der Waals surface area contributed by atoms with Gasteiger partial charge in [-0.1, -0.05) is 41.9 Å². The highest BCUT2D eigenvalue weighted by molar-refractivity contribution is 6.30. The van der Waals surface area contributed by atoms with Crippen molar-refractivity contribution in [3.05, 3.63) is 99.0 Å². The van der Waals surface area contributed by atoms with E-state index in [1.54, 1.807) is 23.1 Å². The van der Waals surface area contributed by atoms with Crippen molar-refractivity contribution in [3.8, 4) is 0 Å². The predicted octanol–water partition coefficient (Wildman–Crippen LogP) is 3.81. The Labute approximate surface area is 226 Å². The van der Waals surface area contributed by atoms with E-state index in [-0.39, 0.29) is 24.4 Å². The van der Waals surface area contributed by atoms with Crippen LogP contribution in [0.2, 0.25) is 5.02 Å². The van der Waals surface area contributed by atoms with Gasteiger partial charge in [0.05, 0.1) is 17.7 Å². The number of carbonyl (C=O) groups is 3. The van der Waals surface area contributed by atoms with Crippen LogP contribution in [0.5, 0.6) is 0 Å². The number of carbonyl (C=O) groups excluding carboxylic acids is 3. The maximum Gasteiger partial charge on any atom is 0.417 e. The molecule has 4 aromatic rings. The van der Waals surface area contributed by atoms with E-state index in [2.05, 4.69) is 15.6 Å². The lowest BCUT2D eigenvalue weighted by atomic mass is 9.90. The van der Waals surface area contributed by atoms with Crippen molar-refractivity contribution < 1.29 is 23.5 Å². The second-order valence-electron chi connectivity index (χ2n) is 9.65. The quantitative estimate of drug-likeness (QED) is 0.348. The second-order valence-corrected chi connectivity index (χ2v) is 10.1. The highest BCUT2D eigenvalue weighted by Crippen LogP contribution is 2.43. The van der Waals surface area contributed by atoms with Crippen molar-refractivity contribution in [2.24, 2.45) is 0 Å². The number of aromatic amines is 1. The maximum atomic E-state index is 13.9. The van der Waals surface area contributed by atoms with Gasteiger partial charge in [-0.15, -0.1) is 0 Å². The molecule has 3 heterocycles. The van der Waals surface area contributed by atoms with Crippen LogP contribution in [-0.4, -0.2) is 46.9 Å². The third-order valence-corrected chi connectivity index (χ3v) is 7.34. The number of H-pyrrole nitrogens is 1. The van der Waals surface area contributed by atoms with Crippen molar-refractivity contribution in [1.82, 2.24) is 15.2 Å². The van der Waals surface area contributed by atoms with Crippen LogP contribution >= 0.6 is 11.6 Å². The van der Waals surface area contributed by atoms with Gasteiger partial charge in [-0.05, 0) is 42.0 Å². The normalized spacial score (nSPS) is 18.9. The number of nitrogens with zero attached hydrogens (tertiary/aromatic N) is 1. The summed E-state index contributed by atoms with van der Waals surface area (Å²) in [6, 6.07) is 18.1. The molecular weight excluding hydrogens is 524 g/mol. The lowest BCUT2D eigenvalue weighted by Crippen LogP contribution is -2.50. The molecule has 10 nitrogen and oxygen atoms in total. The van der Waals surface area contributed by atoms with Crippen LogP contribution in [0.15, 0.2) is 75.9 Å². The minimum absolute atomic E-state index is 0.121. The number of ether oxygens (including phenoxy) is 1. The molecule has 1 saturated heterocycles. The molecule has 11 heteroatoms. The number of halogens is 1. The first kappa shape index (κ1) is 24.7. The van der Waals surface area contributed by atoms with E-state index in [0.717, 1.165) is 5.56 Å². The van der Waals surface area contributed by atoms with Crippen LogP contribution in [0.25, 0.3) is 11.1 Å². The fourth-order valence-electron chi connectivity index (χ4n) is 5.25. The van der Waals surface area contributed by atoms with Gasteiger partial charge in [-0.2, -0.15) is 0 Å². The Bertz CT molecular complexity index is 1670. The Balaban J connectivity index is 1.27. The number of oxazole rings is 1. The number of rotatable bonds is 5. The van der Waals surface area contributed by atoms with Crippen LogP contribution in [0.4, 0.5) is 10.5 Å². The Kier molecular flexibility index (Phi) is 6.11. The van der Waals surface area contributed by atoms with Crippen LogP contribution < -0.4 is 16.4 Å². The van der Waals surface area contributed by atoms with E-state index in [0.29, 0.717) is 40.3 Å². The molecular formula is C28H23ClN4O6. The Hall–Kier alpha value is -4.57. The molecule has 6 rings (SSSR count). The number of amides is 3. The smallest absolute Gasteiger partial charge is 0.417 e. The average Bonchev–Trinajstić information content (AvgIpc) is 3.51. The first-order valence-electron chi connectivity index (χ1n) is 12.4. The van der Waals surface area contributed by atoms with E-state index >= 15 is 0 Å². The maximum absolute atomic E-state index is 13.9. The zero-order chi connectivity index (χ0) is 27.1. The van der Waals surface area contributed by atoms with Crippen LogP contribution in [0.3, 0.4) is 0 Å². The number of fused-ring (bicyclic) bond motifs is 3. The van der Waals surface area contributed by atoms with Crippen molar-refractivity contribution >= 4 is 46.3 Å². The third kappa shape index (κ3) is 4.74. The first-order valence-corrected chi connectivity index (χ1v) is 12.7. The van der Waals surface area contributed by atoms with Crippen molar-refractivity contribution in [1.29, 1.82) is 0 Å². The standard InChI is InChI=1S/C28H23ClN4O6/c29-18-7-8-20-19(14-18)28(39-27(37)31-20)10-11-33(15-28)25(35)22(12-16-4-2-1-3-5-16)30-24(34)17-6-9-23-21(13-17)32-26(36)38-23/h1-9,13-14,22H,10-12,15H2,(H,30,34)(H,31,37)(H,32,36). The summed E-state index contributed by atoms with van der Waals surface area (Å²) in [6.45, 7) is 0.442. The summed E-state index contributed by atoms with van der Waals surface area (Å²) in [6.07, 6.45) is 0.0420. The molecule has 2 aliphatic rings. The van der Waals surface area contributed by atoms with E-state index in [1.165, 1.54) is 18.2 Å². The predicted molar refractivity (Wildman–Crippen MR) is 143 cm³/mol. The van der Waals surface area contributed by atoms with Crippen molar-refractivity contribution in [2.45, 2.75) is 24.5 Å². The topological polar surface area (TPSA) is 134 Å². The highest BCUT2D eigenvalue weighted by Gasteiger charge is 2.49. The largest absolute Gasteiger partial charge is 0.436 e. The molecule has 0 saturated carbocycles. The monoisotopic (exact) mass is 546 g/mol. The van der Waals surface area contributed by atoms with E-state index in [9.17, 15) is 19.2 Å². The fourth-order valence-corrected chi connectivity index (χ4v) is 5.42. The molecule has 2 aliphatic heterocycles. The number of anilines is 1. The van der Waals surface area contributed by atoms with Gasteiger partial charge in [0.15, 0.2) is 11.2 Å². The molecule has 198 valence electrons. The zero-order valence-electron chi connectivity index (χ0n) is 20.5. The zero-order valence-corrected chi connectivity index (χ0v) is 21.3. The molecule has 2 atom stereocenters. The SMILES string of the molecule is O=C1Nc2ccc(Cl)cc2C2(CCN(C(=O)C(Cc3ccccc3)NC(=O)c3ccc4oc(=O)[nH]c4c3)C2)O1. The third-order valence-electron chi connectivity index (χ3n) is 7.11. The molecule has 0 radical (unpaired) electrons. The molecule has 0 aliphatic carbocycles. The van der Waals surface area contributed by atoms with Crippen LogP contribution in [0.1, 0.15) is 27.9 Å². The Morgan fingerprint density at radius 3 is 2.72 bits per heavy atom. The molecule has 0 bridgehead atoms. The summed E-state index contributed by atoms with van der Waals surface area (Å²) in [5.41, 5.74) is 2.09. The van der Waals surface area contributed by atoms with E-state index < -0.39 is 29.4 Å². The van der Waals surface area contributed by atoms with Gasteiger partial charge in [0, 0.05) is 35.5 Å². The number of hydrogen-bond acceptors (Lipinski definition) is 6. The molecule has 3 N–H and O–H groups in total. The van der Waals surface area contributed by atoms with Gasteiger partial charge in [0.2, 0.25) is 5.91 Å². The minimum atomic E-state index is -1.04. The number of nitrogens with one attached hydrogen (secondary N) is 3. The van der Waals surface area contributed by atoms with Gasteiger partial charge < -0.3 is 19.4 Å². The first-order chi connectivity index (χ1) is 18.8. The Morgan fingerprint density at radius 2 is 1.90 bits per heavy atom. The summed E-state index contributed by atoms with van der Waals surface area (Å²) in [5, 5.41) is 6.04. The fraction of sp³-hybridized carbons (Fsp3) is 0.214. The summed E-state index contributed by atoms with van der Waals surface area (Å²) in [7, 11) is 0. The molecule has 1 fully saturated rings. The average molecular weight is 547 g/mol. The van der Waals surface area contributed by atoms with Gasteiger partial charge in [-0.25, -0.2) is 9.59 Å². The summed E-state index contributed by atoms with van der Waals surface area (Å²) >= 11 is 6.25. The lowest BCUT2D eigenvalue weighted by Gasteiger charge is -2.35.